The molecule has 0 saturated heterocycles. The van der Waals surface area contributed by atoms with Crippen LogP contribution in [0.25, 0.3) is 132 Å². The fourth-order valence-electron chi connectivity index (χ4n) is 10.2. The van der Waals surface area contributed by atoms with Crippen LogP contribution >= 0.6 is 0 Å². The lowest BCUT2D eigenvalue weighted by Gasteiger charge is -2.18. The topological polar surface area (TPSA) is 38.9 Å². The highest BCUT2D eigenvalue weighted by Gasteiger charge is 2.23. The predicted octanol–water partition coefficient (Wildman–Crippen LogP) is 17.0. The summed E-state index contributed by atoms with van der Waals surface area (Å²) in [5.41, 5.74) is 13.7. The molecule has 3 nitrogen and oxygen atoms in total. The van der Waals surface area contributed by atoms with Crippen molar-refractivity contribution in [1.29, 1.82) is 0 Å². The summed E-state index contributed by atoms with van der Waals surface area (Å²) in [6.45, 7) is 0. The monoisotopic (exact) mass is 826 g/mol. The quantitative estimate of drug-likeness (QED) is 0.157. The van der Waals surface area contributed by atoms with Gasteiger partial charge in [0, 0.05) is 38.6 Å². The Bertz CT molecular complexity index is 3810. The molecule has 0 amide bonds. The van der Waals surface area contributed by atoms with E-state index in [4.69, 9.17) is 14.4 Å². The summed E-state index contributed by atoms with van der Waals surface area (Å²) in [5, 5.41) is 11.6. The van der Waals surface area contributed by atoms with Gasteiger partial charge in [0.15, 0.2) is 5.82 Å². The van der Waals surface area contributed by atoms with E-state index in [-0.39, 0.29) is 0 Å². The van der Waals surface area contributed by atoms with Gasteiger partial charge < -0.3 is 4.42 Å². The number of hydrogen-bond acceptors (Lipinski definition) is 3. The summed E-state index contributed by atoms with van der Waals surface area (Å²) < 4.78 is 6.97. The van der Waals surface area contributed by atoms with Gasteiger partial charge in [-0.05, 0) is 83.5 Å². The van der Waals surface area contributed by atoms with Crippen molar-refractivity contribution in [2.45, 2.75) is 0 Å². The molecular weight excluding hydrogens is 789 g/mol. The van der Waals surface area contributed by atoms with Gasteiger partial charge in [0.25, 0.3) is 0 Å². The fourth-order valence-corrected chi connectivity index (χ4v) is 10.2. The van der Waals surface area contributed by atoms with Crippen LogP contribution in [-0.4, -0.2) is 9.97 Å². The third-order valence-electron chi connectivity index (χ3n) is 13.1. The molecule has 65 heavy (non-hydrogen) atoms. The van der Waals surface area contributed by atoms with Crippen molar-refractivity contribution in [3.05, 3.63) is 231 Å². The Hall–Kier alpha value is -8.66. The number of rotatable bonds is 6. The smallest absolute Gasteiger partial charge is 0.160 e. The molecule has 0 spiro atoms. The third-order valence-corrected chi connectivity index (χ3v) is 13.1. The molecule has 0 aliphatic carbocycles. The van der Waals surface area contributed by atoms with Crippen molar-refractivity contribution in [2.75, 3.05) is 0 Å². The third kappa shape index (κ3) is 5.97. The first-order valence-corrected chi connectivity index (χ1v) is 22.2. The highest BCUT2D eigenvalue weighted by molar-refractivity contribution is 6.25. The first-order valence-electron chi connectivity index (χ1n) is 22.2. The van der Waals surface area contributed by atoms with Crippen LogP contribution in [0.5, 0.6) is 0 Å². The first kappa shape index (κ1) is 36.9. The Balaban J connectivity index is 1.03. The lowest BCUT2D eigenvalue weighted by Crippen LogP contribution is -1.98. The van der Waals surface area contributed by atoms with Crippen LogP contribution in [0, 0.1) is 0 Å². The van der Waals surface area contributed by atoms with Crippen molar-refractivity contribution in [3.63, 3.8) is 0 Å². The van der Waals surface area contributed by atoms with Crippen LogP contribution in [0.2, 0.25) is 0 Å². The molecule has 0 bridgehead atoms. The molecule has 302 valence electrons. The molecule has 2 aromatic heterocycles. The maximum Gasteiger partial charge on any atom is 0.160 e. The Morgan fingerprint density at radius 3 is 1.25 bits per heavy atom. The van der Waals surface area contributed by atoms with Crippen LogP contribution in [-0.2, 0) is 0 Å². The summed E-state index contributed by atoms with van der Waals surface area (Å²) in [6, 6.07) is 82.1. The van der Waals surface area contributed by atoms with Crippen molar-refractivity contribution in [3.8, 4) is 67.3 Å². The number of hydrogen-bond donors (Lipinski definition) is 0. The average molecular weight is 827 g/mol. The zero-order chi connectivity index (χ0) is 42.8. The molecule has 3 heteroatoms. The highest BCUT2D eigenvalue weighted by atomic mass is 16.3. The molecule has 11 aromatic carbocycles. The second-order valence-corrected chi connectivity index (χ2v) is 16.7. The van der Waals surface area contributed by atoms with Crippen molar-refractivity contribution < 1.29 is 4.42 Å². The number of para-hydroxylation sites is 1. The molecule has 0 aliphatic rings. The standard InChI is InChI=1S/C62H38N2O/c1-4-19-39(20-5-1)54-38-55(64-62(63-54)41-23-8-3-9-24-41)60-49-31-16-12-27-45(49)58(46-28-13-17-32-50(46)60)42-35-36-56-53(37-42)51-33-18-34-52(61(51)65-56)59-47-29-14-10-25-43(47)57(40-21-6-2-7-22-40)44-26-11-15-30-48(44)59/h1-38H. The molecular formula is C62H38N2O. The molecule has 13 aromatic rings. The van der Waals surface area contributed by atoms with Crippen LogP contribution in [0.4, 0.5) is 0 Å². The molecule has 2 heterocycles. The highest BCUT2D eigenvalue weighted by Crippen LogP contribution is 2.48. The molecule has 0 radical (unpaired) electrons. The molecule has 0 atom stereocenters. The SMILES string of the molecule is c1ccc(-c2cc(-c3c4ccccc4c(-c4ccc5oc6c(-c7c8ccccc8c(-c8ccccc8)c8ccccc78)cccc6c5c4)c4ccccc34)nc(-c3ccccc3)n2)cc1. The Morgan fingerprint density at radius 2 is 0.692 bits per heavy atom. The Kier molecular flexibility index (Phi) is 8.53. The zero-order valence-corrected chi connectivity index (χ0v) is 35.2. The second-order valence-electron chi connectivity index (χ2n) is 16.7. The second kappa shape index (κ2) is 15.0. The van der Waals surface area contributed by atoms with Gasteiger partial charge >= 0.3 is 0 Å². The van der Waals surface area contributed by atoms with Crippen molar-refractivity contribution >= 4 is 65.0 Å². The maximum atomic E-state index is 6.97. The largest absolute Gasteiger partial charge is 0.455 e. The number of nitrogens with zero attached hydrogens (tertiary/aromatic N) is 2. The van der Waals surface area contributed by atoms with Gasteiger partial charge in [-0.2, -0.15) is 0 Å². The average Bonchev–Trinajstić information content (AvgIpc) is 3.76. The van der Waals surface area contributed by atoms with Gasteiger partial charge in [0.05, 0.1) is 11.4 Å². The van der Waals surface area contributed by atoms with Gasteiger partial charge in [-0.1, -0.05) is 212 Å². The Morgan fingerprint density at radius 1 is 0.262 bits per heavy atom. The summed E-state index contributed by atoms with van der Waals surface area (Å²) in [7, 11) is 0. The van der Waals surface area contributed by atoms with Gasteiger partial charge in [0.2, 0.25) is 0 Å². The van der Waals surface area contributed by atoms with E-state index in [9.17, 15) is 0 Å². The first-order chi connectivity index (χ1) is 32.3. The van der Waals surface area contributed by atoms with Crippen LogP contribution in [0.1, 0.15) is 0 Å². The normalized spacial score (nSPS) is 11.7. The predicted molar refractivity (Wildman–Crippen MR) is 272 cm³/mol. The number of fused-ring (bicyclic) bond motifs is 7. The molecule has 13 rings (SSSR count). The molecule has 0 aliphatic heterocycles. The van der Waals surface area contributed by atoms with E-state index in [1.54, 1.807) is 0 Å². The van der Waals surface area contributed by atoms with Gasteiger partial charge in [-0.15, -0.1) is 0 Å². The molecule has 0 unspecified atom stereocenters. The number of furan rings is 1. The molecule has 0 N–H and O–H groups in total. The summed E-state index contributed by atoms with van der Waals surface area (Å²) >= 11 is 0. The molecule has 0 fully saturated rings. The lowest BCUT2D eigenvalue weighted by molar-refractivity contribution is 0.670. The van der Waals surface area contributed by atoms with Crippen molar-refractivity contribution in [2.24, 2.45) is 0 Å². The lowest BCUT2D eigenvalue weighted by atomic mass is 9.85. The summed E-state index contributed by atoms with van der Waals surface area (Å²) in [4.78, 5) is 10.5. The zero-order valence-electron chi connectivity index (χ0n) is 35.2. The fraction of sp³-hybridized carbons (Fsp3) is 0. The minimum Gasteiger partial charge on any atom is -0.455 e. The van der Waals surface area contributed by atoms with Crippen LogP contribution < -0.4 is 0 Å². The Labute approximate surface area is 375 Å². The van der Waals surface area contributed by atoms with Crippen LogP contribution in [0.3, 0.4) is 0 Å². The van der Waals surface area contributed by atoms with E-state index >= 15 is 0 Å². The minimum absolute atomic E-state index is 0.698. The van der Waals surface area contributed by atoms with Gasteiger partial charge in [0.1, 0.15) is 11.2 Å². The van der Waals surface area contributed by atoms with Crippen LogP contribution in [0.15, 0.2) is 235 Å². The van der Waals surface area contributed by atoms with E-state index < -0.39 is 0 Å². The van der Waals surface area contributed by atoms with E-state index in [0.717, 1.165) is 82.7 Å². The summed E-state index contributed by atoms with van der Waals surface area (Å²) in [6.07, 6.45) is 0. The van der Waals surface area contributed by atoms with E-state index in [2.05, 4.69) is 206 Å². The number of benzene rings is 11. The van der Waals surface area contributed by atoms with E-state index in [0.29, 0.717) is 5.82 Å². The van der Waals surface area contributed by atoms with Crippen molar-refractivity contribution in [1.82, 2.24) is 9.97 Å². The van der Waals surface area contributed by atoms with Gasteiger partial charge in [-0.25, -0.2) is 9.97 Å². The van der Waals surface area contributed by atoms with E-state index in [1.165, 1.54) is 43.8 Å². The summed E-state index contributed by atoms with van der Waals surface area (Å²) in [5.74, 6) is 0.698. The molecule has 0 saturated carbocycles. The number of aromatic nitrogens is 2. The van der Waals surface area contributed by atoms with Gasteiger partial charge in [-0.3, -0.25) is 0 Å². The minimum atomic E-state index is 0.698. The van der Waals surface area contributed by atoms with E-state index in [1.807, 2.05) is 24.3 Å². The maximum absolute atomic E-state index is 6.97.